The molecule has 2 rings (SSSR count). The molecule has 0 atom stereocenters. The molecule has 0 aliphatic carbocycles. The summed E-state index contributed by atoms with van der Waals surface area (Å²) in [7, 11) is 0. The second kappa shape index (κ2) is 6.20. The fourth-order valence-electron chi connectivity index (χ4n) is 1.52. The molecule has 0 bridgehead atoms. The van der Waals surface area contributed by atoms with Crippen LogP contribution in [0, 0.1) is 5.82 Å². The van der Waals surface area contributed by atoms with Crippen LogP contribution in [-0.2, 0) is 4.79 Å². The number of anilines is 2. The van der Waals surface area contributed by atoms with Gasteiger partial charge in [0.05, 0.1) is 12.2 Å². The number of benzene rings is 2. The summed E-state index contributed by atoms with van der Waals surface area (Å²) in [6.07, 6.45) is 0. The molecule has 0 aliphatic heterocycles. The van der Waals surface area contributed by atoms with Crippen LogP contribution >= 0.6 is 11.6 Å². The third-order valence-electron chi connectivity index (χ3n) is 2.43. The summed E-state index contributed by atoms with van der Waals surface area (Å²) in [6, 6.07) is 13.4. The maximum Gasteiger partial charge on any atom is 0.243 e. The Morgan fingerprint density at radius 3 is 2.58 bits per heavy atom. The monoisotopic (exact) mass is 278 g/mol. The van der Waals surface area contributed by atoms with Crippen LogP contribution in [0.15, 0.2) is 48.5 Å². The molecule has 0 spiro atoms. The molecule has 5 heteroatoms. The molecule has 0 unspecified atom stereocenters. The van der Waals surface area contributed by atoms with Crippen LogP contribution in [0.5, 0.6) is 0 Å². The van der Waals surface area contributed by atoms with Gasteiger partial charge < -0.3 is 10.6 Å². The van der Waals surface area contributed by atoms with Gasteiger partial charge in [-0.3, -0.25) is 4.79 Å². The van der Waals surface area contributed by atoms with Crippen molar-refractivity contribution in [3.05, 3.63) is 59.4 Å². The standard InChI is InChI=1S/C14H12ClFN2O/c15-10-6-7-13(12(16)8-10)18-14(19)9-17-11-4-2-1-3-5-11/h1-8,17H,9H2,(H,18,19). The van der Waals surface area contributed by atoms with E-state index in [2.05, 4.69) is 10.6 Å². The number of carbonyl (C=O) groups is 1. The molecule has 3 nitrogen and oxygen atoms in total. The summed E-state index contributed by atoms with van der Waals surface area (Å²) in [5.74, 6) is -0.884. The molecule has 0 radical (unpaired) electrons. The predicted octanol–water partition coefficient (Wildman–Crippen LogP) is 3.53. The Labute approximate surface area is 115 Å². The van der Waals surface area contributed by atoms with Gasteiger partial charge in [-0.1, -0.05) is 29.8 Å². The largest absolute Gasteiger partial charge is 0.376 e. The van der Waals surface area contributed by atoms with E-state index in [1.807, 2.05) is 30.3 Å². The highest BCUT2D eigenvalue weighted by Gasteiger charge is 2.07. The zero-order valence-corrected chi connectivity index (χ0v) is 10.7. The SMILES string of the molecule is O=C(CNc1ccccc1)Nc1ccc(Cl)cc1F. The van der Waals surface area contributed by atoms with Crippen molar-refractivity contribution in [3.8, 4) is 0 Å². The van der Waals surface area contributed by atoms with Crippen LogP contribution in [0.4, 0.5) is 15.8 Å². The van der Waals surface area contributed by atoms with Gasteiger partial charge in [0.25, 0.3) is 0 Å². The van der Waals surface area contributed by atoms with Crippen molar-refractivity contribution < 1.29 is 9.18 Å². The second-order valence-electron chi connectivity index (χ2n) is 3.89. The third-order valence-corrected chi connectivity index (χ3v) is 2.67. The van der Waals surface area contributed by atoms with E-state index in [9.17, 15) is 9.18 Å². The zero-order chi connectivity index (χ0) is 13.7. The van der Waals surface area contributed by atoms with Crippen LogP contribution in [0.2, 0.25) is 5.02 Å². The molecule has 0 saturated carbocycles. The summed E-state index contributed by atoms with van der Waals surface area (Å²) < 4.78 is 13.5. The first kappa shape index (κ1) is 13.4. The maximum absolute atomic E-state index is 13.5. The average Bonchev–Trinajstić information content (AvgIpc) is 2.41. The summed E-state index contributed by atoms with van der Waals surface area (Å²) in [4.78, 5) is 11.6. The Morgan fingerprint density at radius 2 is 1.89 bits per heavy atom. The van der Waals surface area contributed by atoms with Gasteiger partial charge in [-0.15, -0.1) is 0 Å². The number of hydrogen-bond acceptors (Lipinski definition) is 2. The number of para-hydroxylation sites is 1. The highest BCUT2D eigenvalue weighted by molar-refractivity contribution is 6.30. The number of carbonyl (C=O) groups excluding carboxylic acids is 1. The highest BCUT2D eigenvalue weighted by atomic mass is 35.5. The van der Waals surface area contributed by atoms with Gasteiger partial charge in [0.2, 0.25) is 5.91 Å². The summed E-state index contributed by atoms with van der Waals surface area (Å²) in [5.41, 5.74) is 0.943. The van der Waals surface area contributed by atoms with Gasteiger partial charge in [0.15, 0.2) is 0 Å². The fourth-order valence-corrected chi connectivity index (χ4v) is 1.68. The Kier molecular flexibility index (Phi) is 4.36. The van der Waals surface area contributed by atoms with Crippen LogP contribution in [-0.4, -0.2) is 12.5 Å². The maximum atomic E-state index is 13.5. The van der Waals surface area contributed by atoms with Crippen molar-refractivity contribution in [2.45, 2.75) is 0 Å². The molecule has 2 aromatic carbocycles. The molecule has 0 aromatic heterocycles. The lowest BCUT2D eigenvalue weighted by atomic mass is 10.3. The van der Waals surface area contributed by atoms with E-state index < -0.39 is 5.82 Å². The molecule has 19 heavy (non-hydrogen) atoms. The van der Waals surface area contributed by atoms with Gasteiger partial charge in [0, 0.05) is 10.7 Å². The van der Waals surface area contributed by atoms with E-state index in [-0.39, 0.29) is 23.2 Å². The van der Waals surface area contributed by atoms with Crippen LogP contribution in [0.3, 0.4) is 0 Å². The van der Waals surface area contributed by atoms with Crippen molar-refractivity contribution in [2.75, 3.05) is 17.2 Å². The van der Waals surface area contributed by atoms with E-state index in [1.165, 1.54) is 12.1 Å². The van der Waals surface area contributed by atoms with Gasteiger partial charge in [-0.05, 0) is 30.3 Å². The highest BCUT2D eigenvalue weighted by Crippen LogP contribution is 2.18. The fraction of sp³-hybridized carbons (Fsp3) is 0.0714. The quantitative estimate of drug-likeness (QED) is 0.898. The predicted molar refractivity (Wildman–Crippen MR) is 75.0 cm³/mol. The van der Waals surface area contributed by atoms with Gasteiger partial charge in [-0.2, -0.15) is 0 Å². The Morgan fingerprint density at radius 1 is 1.16 bits per heavy atom. The molecule has 0 aliphatic rings. The summed E-state index contributed by atoms with van der Waals surface area (Å²) >= 11 is 5.63. The normalized spacial score (nSPS) is 10.0. The van der Waals surface area contributed by atoms with Crippen LogP contribution in [0.25, 0.3) is 0 Å². The molecule has 2 N–H and O–H groups in total. The van der Waals surface area contributed by atoms with E-state index >= 15 is 0 Å². The van der Waals surface area contributed by atoms with Crippen LogP contribution < -0.4 is 10.6 Å². The first-order valence-corrected chi connectivity index (χ1v) is 6.07. The van der Waals surface area contributed by atoms with Crippen molar-refractivity contribution in [1.29, 1.82) is 0 Å². The van der Waals surface area contributed by atoms with Gasteiger partial charge in [-0.25, -0.2) is 4.39 Å². The number of halogens is 2. The Balaban J connectivity index is 1.91. The average molecular weight is 279 g/mol. The van der Waals surface area contributed by atoms with E-state index in [0.717, 1.165) is 11.8 Å². The Bertz CT molecular complexity index is 575. The first-order chi connectivity index (χ1) is 9.15. The second-order valence-corrected chi connectivity index (χ2v) is 4.33. The molecule has 98 valence electrons. The third kappa shape index (κ3) is 3.96. The summed E-state index contributed by atoms with van der Waals surface area (Å²) in [5, 5.41) is 5.70. The van der Waals surface area contributed by atoms with Crippen LogP contribution in [0.1, 0.15) is 0 Å². The lowest BCUT2D eigenvalue weighted by Crippen LogP contribution is -2.22. The van der Waals surface area contributed by atoms with Gasteiger partial charge in [0.1, 0.15) is 5.82 Å². The molecule has 0 saturated heterocycles. The lowest BCUT2D eigenvalue weighted by Gasteiger charge is -2.08. The number of amides is 1. The van der Waals surface area contributed by atoms with E-state index in [4.69, 9.17) is 11.6 Å². The lowest BCUT2D eigenvalue weighted by molar-refractivity contribution is -0.114. The van der Waals surface area contributed by atoms with E-state index in [1.54, 1.807) is 0 Å². The minimum atomic E-state index is -0.555. The molecule has 2 aromatic rings. The zero-order valence-electron chi connectivity index (χ0n) is 9.99. The molecule has 0 heterocycles. The Hall–Kier alpha value is -2.07. The van der Waals surface area contributed by atoms with Crippen molar-refractivity contribution >= 4 is 28.9 Å². The number of hydrogen-bond donors (Lipinski definition) is 2. The topological polar surface area (TPSA) is 41.1 Å². The molecular weight excluding hydrogens is 267 g/mol. The first-order valence-electron chi connectivity index (χ1n) is 5.69. The minimum Gasteiger partial charge on any atom is -0.376 e. The minimum absolute atomic E-state index is 0.0616. The van der Waals surface area contributed by atoms with Crippen molar-refractivity contribution in [2.24, 2.45) is 0 Å². The number of nitrogens with one attached hydrogen (secondary N) is 2. The molecule has 1 amide bonds. The van der Waals surface area contributed by atoms with Crippen molar-refractivity contribution in [1.82, 2.24) is 0 Å². The van der Waals surface area contributed by atoms with Crippen molar-refractivity contribution in [3.63, 3.8) is 0 Å². The summed E-state index contributed by atoms with van der Waals surface area (Å²) in [6.45, 7) is 0.0616. The molecular formula is C14H12ClFN2O. The smallest absolute Gasteiger partial charge is 0.243 e. The molecule has 0 fully saturated rings. The van der Waals surface area contributed by atoms with E-state index in [0.29, 0.717) is 0 Å². The van der Waals surface area contributed by atoms with Gasteiger partial charge >= 0.3 is 0 Å². The number of rotatable bonds is 4.